The van der Waals surface area contributed by atoms with Crippen LogP contribution in [0.5, 0.6) is 0 Å². The monoisotopic (exact) mass is 1040 g/mol. The van der Waals surface area contributed by atoms with Crippen molar-refractivity contribution in [3.8, 4) is 33.4 Å². The molecule has 384 valence electrons. The predicted octanol–water partition coefficient (Wildman–Crippen LogP) is 18.9. The Kier molecular flexibility index (Phi) is 10.8. The highest BCUT2D eigenvalue weighted by Crippen LogP contribution is 2.64. The van der Waals surface area contributed by atoms with E-state index in [0.717, 1.165) is 61.8 Å². The highest BCUT2D eigenvalue weighted by molar-refractivity contribution is 6.36. The summed E-state index contributed by atoms with van der Waals surface area (Å²) < 4.78 is 0. The van der Waals surface area contributed by atoms with Gasteiger partial charge in [0, 0.05) is 39.5 Å². The molecule has 1 aliphatic heterocycles. The highest BCUT2D eigenvalue weighted by Gasteiger charge is 2.52. The molecule has 0 saturated carbocycles. The van der Waals surface area contributed by atoms with Gasteiger partial charge in [0.05, 0.1) is 22.2 Å². The average molecular weight is 1040 g/mol. The van der Waals surface area contributed by atoms with E-state index in [2.05, 4.69) is 283 Å². The molecule has 12 aromatic carbocycles. The average Bonchev–Trinajstić information content (AvgIpc) is 3.03. The molecule has 1 spiro atoms. The first-order chi connectivity index (χ1) is 40.6. The second-order valence-corrected chi connectivity index (χ2v) is 21.9. The van der Waals surface area contributed by atoms with Crippen molar-refractivity contribution >= 4 is 45.8 Å². The molecule has 0 radical (unpaired) electrons. The van der Waals surface area contributed by atoms with Gasteiger partial charge in [0.15, 0.2) is 0 Å². The van der Waals surface area contributed by atoms with Crippen LogP contribution in [0, 0.1) is 5.41 Å². The lowest BCUT2D eigenvalue weighted by atomic mass is 9.67. The molecule has 1 heterocycles. The predicted molar refractivity (Wildman–Crippen MR) is 339 cm³/mol. The lowest BCUT2D eigenvalue weighted by Crippen LogP contribution is -2.28. The van der Waals surface area contributed by atoms with Crippen LogP contribution in [0.2, 0.25) is 0 Å². The Bertz CT molecular complexity index is 4390. The van der Waals surface area contributed by atoms with Crippen molar-refractivity contribution in [3.63, 3.8) is 0 Å². The fraction of sp³-hybridized carbons (Fsp3) is 0.0253. The molecular weight excluding hydrogens is 991 g/mol. The minimum absolute atomic E-state index is 0.447. The van der Waals surface area contributed by atoms with Crippen LogP contribution in [-0.2, 0) is 10.8 Å². The van der Waals surface area contributed by atoms with Gasteiger partial charge >= 0.3 is 0 Å². The first kappa shape index (κ1) is 47.4. The van der Waals surface area contributed by atoms with Gasteiger partial charge in [-0.25, -0.2) is 0 Å². The number of nitrogens with zero attached hydrogens (tertiary/aromatic N) is 1. The fourth-order valence-electron chi connectivity index (χ4n) is 14.4. The maximum absolute atomic E-state index is 10.0. The Balaban J connectivity index is 0.979. The third-order valence-corrected chi connectivity index (χ3v) is 17.8. The van der Waals surface area contributed by atoms with Crippen LogP contribution in [0.15, 0.2) is 303 Å². The number of fused-ring (bicyclic) bond motifs is 14. The Labute approximate surface area is 478 Å². The molecule has 0 atom stereocenters. The zero-order valence-electron chi connectivity index (χ0n) is 44.9. The topological polar surface area (TPSA) is 39.1 Å². The molecule has 0 bridgehead atoms. The zero-order valence-corrected chi connectivity index (χ0v) is 44.9. The number of allylic oxidation sites excluding steroid dienone is 1. The van der Waals surface area contributed by atoms with Crippen molar-refractivity contribution < 1.29 is 0 Å². The summed E-state index contributed by atoms with van der Waals surface area (Å²) in [6.07, 6.45) is 2.29. The molecule has 16 rings (SSSR count). The van der Waals surface area contributed by atoms with Gasteiger partial charge in [0.2, 0.25) is 0 Å². The van der Waals surface area contributed by atoms with Crippen molar-refractivity contribution in [1.29, 1.82) is 5.41 Å². The largest absolute Gasteiger partial charge is 0.354 e. The number of rotatable bonds is 9. The normalized spacial score (nSPS) is 14.7. The van der Waals surface area contributed by atoms with Crippen LogP contribution in [-0.4, -0.2) is 5.71 Å². The van der Waals surface area contributed by atoms with E-state index < -0.39 is 10.8 Å². The van der Waals surface area contributed by atoms with E-state index in [0.29, 0.717) is 5.71 Å². The van der Waals surface area contributed by atoms with Crippen molar-refractivity contribution in [2.45, 2.75) is 10.8 Å². The van der Waals surface area contributed by atoms with Crippen molar-refractivity contribution in [1.82, 2.24) is 5.32 Å². The number of hydrogen-bond donors (Lipinski definition) is 2. The first-order valence-corrected chi connectivity index (χ1v) is 28.3. The van der Waals surface area contributed by atoms with Crippen LogP contribution in [0.25, 0.3) is 56.4 Å². The van der Waals surface area contributed by atoms with Gasteiger partial charge in [0.1, 0.15) is 0 Å². The molecular formula is C79H53N3. The van der Waals surface area contributed by atoms with E-state index in [1.165, 1.54) is 77.9 Å². The summed E-state index contributed by atoms with van der Waals surface area (Å²) in [4.78, 5) is 2.50. The van der Waals surface area contributed by atoms with E-state index in [1.807, 2.05) is 36.4 Å². The SMILES string of the molecule is N=C(/C(=C1\NC(c2ccccc2)=Cc2cc(N(c3ccc4c(c3)C(c3ccccc3)(c3ccccc3)c3ccccc3-4)c3ccc4c(c3)C3(c5ccccc5-c5ccccc53)c3ccccc3-4)ccc21)c1ccccc1)c1ccccc1. The van der Waals surface area contributed by atoms with Crippen LogP contribution in [0.3, 0.4) is 0 Å². The molecule has 3 nitrogen and oxygen atoms in total. The third kappa shape index (κ3) is 6.93. The zero-order chi connectivity index (χ0) is 54.4. The van der Waals surface area contributed by atoms with Gasteiger partial charge in [0.25, 0.3) is 0 Å². The summed E-state index contributed by atoms with van der Waals surface area (Å²) in [5, 5.41) is 13.9. The molecule has 0 fully saturated rings. The molecule has 82 heavy (non-hydrogen) atoms. The minimum atomic E-state index is -0.609. The molecule has 0 amide bonds. The Morgan fingerprint density at radius 2 is 0.683 bits per heavy atom. The van der Waals surface area contributed by atoms with Crippen molar-refractivity contribution in [2.24, 2.45) is 0 Å². The van der Waals surface area contributed by atoms with Crippen LogP contribution in [0.1, 0.15) is 72.3 Å². The fourth-order valence-corrected chi connectivity index (χ4v) is 14.4. The third-order valence-electron chi connectivity index (χ3n) is 17.8. The second-order valence-electron chi connectivity index (χ2n) is 21.9. The number of anilines is 3. The second kappa shape index (κ2) is 18.8. The molecule has 0 aromatic heterocycles. The van der Waals surface area contributed by atoms with E-state index in [1.54, 1.807) is 0 Å². The molecule has 2 N–H and O–H groups in total. The van der Waals surface area contributed by atoms with E-state index in [9.17, 15) is 5.41 Å². The Morgan fingerprint density at radius 1 is 0.317 bits per heavy atom. The summed E-state index contributed by atoms with van der Waals surface area (Å²) in [5.74, 6) is 0. The lowest BCUT2D eigenvalue weighted by Gasteiger charge is -2.35. The van der Waals surface area contributed by atoms with Gasteiger partial charge in [-0.1, -0.05) is 267 Å². The van der Waals surface area contributed by atoms with Gasteiger partial charge in [-0.15, -0.1) is 0 Å². The van der Waals surface area contributed by atoms with Crippen LogP contribution >= 0.6 is 0 Å². The maximum Gasteiger partial charge on any atom is 0.0726 e. The van der Waals surface area contributed by atoms with Crippen molar-refractivity contribution in [2.75, 3.05) is 4.90 Å². The summed E-state index contributed by atoms with van der Waals surface area (Å²) in [7, 11) is 0. The summed E-state index contributed by atoms with van der Waals surface area (Å²) in [5.41, 5.74) is 27.7. The highest BCUT2D eigenvalue weighted by atomic mass is 15.1. The van der Waals surface area contributed by atoms with E-state index >= 15 is 0 Å². The molecule has 3 aliphatic carbocycles. The lowest BCUT2D eigenvalue weighted by molar-refractivity contribution is 0.768. The number of benzene rings is 12. The molecule has 3 heteroatoms. The van der Waals surface area contributed by atoms with Gasteiger partial charge in [-0.3, -0.25) is 5.41 Å². The van der Waals surface area contributed by atoms with E-state index in [4.69, 9.17) is 0 Å². The smallest absolute Gasteiger partial charge is 0.0726 e. The number of nitrogens with one attached hydrogen (secondary N) is 2. The molecule has 12 aromatic rings. The molecule has 4 aliphatic rings. The summed E-state index contributed by atoms with van der Waals surface area (Å²) in [6.45, 7) is 0. The Hall–Kier alpha value is -10.6. The maximum atomic E-state index is 10.0. The summed E-state index contributed by atoms with van der Waals surface area (Å²) in [6, 6.07) is 111. The number of hydrogen-bond acceptors (Lipinski definition) is 3. The van der Waals surface area contributed by atoms with Crippen LogP contribution < -0.4 is 10.2 Å². The van der Waals surface area contributed by atoms with Crippen LogP contribution in [0.4, 0.5) is 17.1 Å². The van der Waals surface area contributed by atoms with Crippen molar-refractivity contribution in [3.05, 3.63) is 376 Å². The molecule has 0 unspecified atom stereocenters. The standard InChI is InChI=1S/C79H53N3/c80-76(54-28-10-3-11-29-54)75(53-26-8-2-9-27-53)77-61-45-42-58(48-55(61)49-74(81-77)52-24-6-1-7-25-52)82(59-43-46-66-64-36-16-20-38-68(64)78(72(66)50-59,56-30-12-4-13-31-56)57-32-14-5-15-33-57)60-44-47-67-65-37-19-23-41-71(65)79(73(67)51-60)69-39-21-17-34-62(69)63-35-18-22-40-70(63)79/h1-51,80-81H/b77-75-,80-76?. The van der Waals surface area contributed by atoms with Gasteiger partial charge in [-0.05, 0) is 137 Å². The van der Waals surface area contributed by atoms with E-state index in [-0.39, 0.29) is 0 Å². The summed E-state index contributed by atoms with van der Waals surface area (Å²) >= 11 is 0. The van der Waals surface area contributed by atoms with Gasteiger partial charge in [-0.2, -0.15) is 0 Å². The molecule has 0 saturated heterocycles. The van der Waals surface area contributed by atoms with Gasteiger partial charge < -0.3 is 10.2 Å². The minimum Gasteiger partial charge on any atom is -0.354 e. The Morgan fingerprint density at radius 3 is 1.17 bits per heavy atom. The first-order valence-electron chi connectivity index (χ1n) is 28.3. The quantitative estimate of drug-likeness (QED) is 0.141.